The minimum absolute atomic E-state index is 0.0327. The minimum atomic E-state index is -0.0327. The summed E-state index contributed by atoms with van der Waals surface area (Å²) in [7, 11) is 0. The molecule has 1 aromatic heterocycles. The van der Waals surface area contributed by atoms with Crippen molar-refractivity contribution < 1.29 is 4.79 Å². The number of carbonyl (C=O) groups excluding carboxylic acids is 1. The van der Waals surface area contributed by atoms with Crippen LogP contribution in [-0.2, 0) is 11.2 Å². The van der Waals surface area contributed by atoms with Gasteiger partial charge < -0.3 is 5.32 Å². The number of rotatable bonds is 7. The average molecular weight is 333 g/mol. The van der Waals surface area contributed by atoms with Crippen molar-refractivity contribution in [3.63, 3.8) is 0 Å². The molecule has 0 aliphatic heterocycles. The van der Waals surface area contributed by atoms with Crippen LogP contribution >= 0.6 is 23.1 Å². The quantitative estimate of drug-likeness (QED) is 0.473. The van der Waals surface area contributed by atoms with Crippen molar-refractivity contribution in [2.45, 2.75) is 31.0 Å². The summed E-state index contributed by atoms with van der Waals surface area (Å²) in [5.74, 6) is 0.754. The normalized spacial score (nSPS) is 10.5. The van der Waals surface area contributed by atoms with Crippen molar-refractivity contribution >= 4 is 34.1 Å². The molecule has 1 heterocycles. The first-order chi connectivity index (χ1) is 10.6. The Hall–Kier alpha value is -1.66. The molecule has 0 unspecified atom stereocenters. The lowest BCUT2D eigenvalue weighted by Gasteiger charge is -2.05. The van der Waals surface area contributed by atoms with Gasteiger partial charge in [0.05, 0.1) is 0 Å². The fourth-order valence-corrected chi connectivity index (χ4v) is 3.38. The van der Waals surface area contributed by atoms with Crippen molar-refractivity contribution in [2.75, 3.05) is 11.1 Å². The maximum Gasteiger partial charge on any atom is 0.226 e. The van der Waals surface area contributed by atoms with Crippen LogP contribution in [0.2, 0.25) is 0 Å². The summed E-state index contributed by atoms with van der Waals surface area (Å²) in [5.41, 5.74) is 3.70. The largest absolute Gasteiger partial charge is 0.300 e. The number of hydrogen-bond acceptors (Lipinski definition) is 5. The van der Waals surface area contributed by atoms with E-state index in [0.717, 1.165) is 16.5 Å². The molecule has 4 nitrogen and oxygen atoms in total. The molecule has 6 heteroatoms. The molecular weight excluding hydrogens is 314 g/mol. The molecule has 1 N–H and O–H groups in total. The highest BCUT2D eigenvalue weighted by molar-refractivity contribution is 8.01. The fourth-order valence-electron chi connectivity index (χ4n) is 1.85. The third-order valence-corrected chi connectivity index (χ3v) is 5.16. The molecule has 0 saturated heterocycles. The van der Waals surface area contributed by atoms with Crippen LogP contribution in [0.4, 0.5) is 5.13 Å². The van der Waals surface area contributed by atoms with Gasteiger partial charge in [0, 0.05) is 12.2 Å². The lowest BCUT2D eigenvalue weighted by atomic mass is 10.0. The fraction of sp³-hybridized carbons (Fsp3) is 0.312. The first kappa shape index (κ1) is 16.7. The Morgan fingerprint density at radius 2 is 2.18 bits per heavy atom. The van der Waals surface area contributed by atoms with E-state index in [0.29, 0.717) is 11.6 Å². The van der Waals surface area contributed by atoms with E-state index in [1.54, 1.807) is 11.8 Å². The molecule has 116 valence electrons. The summed E-state index contributed by atoms with van der Waals surface area (Å²) in [6, 6.07) is 6.30. The van der Waals surface area contributed by atoms with E-state index in [1.165, 1.54) is 28.0 Å². The number of anilines is 1. The first-order valence-electron chi connectivity index (χ1n) is 7.01. The topological polar surface area (TPSA) is 54.9 Å². The highest BCUT2D eigenvalue weighted by Crippen LogP contribution is 2.25. The van der Waals surface area contributed by atoms with Gasteiger partial charge in [-0.05, 0) is 37.0 Å². The lowest BCUT2D eigenvalue weighted by Crippen LogP contribution is -2.12. The number of benzene rings is 1. The molecule has 1 aromatic carbocycles. The third-order valence-electron chi connectivity index (χ3n) is 3.19. The van der Waals surface area contributed by atoms with Crippen LogP contribution in [0.25, 0.3) is 0 Å². The maximum atomic E-state index is 12.0. The Morgan fingerprint density at radius 1 is 1.36 bits per heavy atom. The Bertz CT molecular complexity index is 667. The Labute approximate surface area is 139 Å². The van der Waals surface area contributed by atoms with Crippen molar-refractivity contribution in [3.05, 3.63) is 47.5 Å². The predicted octanol–water partition coefficient (Wildman–Crippen LogP) is 4.00. The van der Waals surface area contributed by atoms with Crippen LogP contribution in [0.5, 0.6) is 0 Å². The number of aryl methyl sites for hydroxylation is 3. The zero-order chi connectivity index (χ0) is 15.9. The Balaban J connectivity index is 1.83. The van der Waals surface area contributed by atoms with Gasteiger partial charge in [-0.2, -0.15) is 0 Å². The molecule has 0 spiro atoms. The van der Waals surface area contributed by atoms with Gasteiger partial charge in [-0.1, -0.05) is 47.4 Å². The molecule has 2 rings (SSSR count). The Morgan fingerprint density at radius 3 is 2.91 bits per heavy atom. The van der Waals surface area contributed by atoms with Gasteiger partial charge in [0.1, 0.15) is 0 Å². The molecule has 2 aromatic rings. The lowest BCUT2D eigenvalue weighted by molar-refractivity contribution is -0.116. The van der Waals surface area contributed by atoms with E-state index < -0.39 is 0 Å². The van der Waals surface area contributed by atoms with Crippen molar-refractivity contribution in [2.24, 2.45) is 0 Å². The van der Waals surface area contributed by atoms with Gasteiger partial charge in [-0.15, -0.1) is 16.8 Å². The number of carbonyl (C=O) groups is 1. The van der Waals surface area contributed by atoms with Crippen molar-refractivity contribution in [3.8, 4) is 0 Å². The molecule has 0 aliphatic rings. The SMILES string of the molecule is C=CCSc1nnc(NC(=O)CCc2ccc(C)c(C)c2)s1. The smallest absolute Gasteiger partial charge is 0.226 e. The second-order valence-electron chi connectivity index (χ2n) is 4.94. The van der Waals surface area contributed by atoms with E-state index in [-0.39, 0.29) is 5.91 Å². The van der Waals surface area contributed by atoms with Gasteiger partial charge in [0.15, 0.2) is 4.34 Å². The molecular formula is C16H19N3OS2. The zero-order valence-electron chi connectivity index (χ0n) is 12.8. The van der Waals surface area contributed by atoms with E-state index >= 15 is 0 Å². The van der Waals surface area contributed by atoms with Crippen LogP contribution in [-0.4, -0.2) is 21.9 Å². The number of thioether (sulfide) groups is 1. The van der Waals surface area contributed by atoms with Gasteiger partial charge in [0.2, 0.25) is 11.0 Å². The van der Waals surface area contributed by atoms with E-state index in [1.807, 2.05) is 6.08 Å². The third kappa shape index (κ3) is 4.96. The van der Waals surface area contributed by atoms with E-state index in [4.69, 9.17) is 0 Å². The van der Waals surface area contributed by atoms with Crippen LogP contribution < -0.4 is 5.32 Å². The summed E-state index contributed by atoms with van der Waals surface area (Å²) in [5, 5.41) is 11.3. The Kier molecular flexibility index (Phi) is 6.15. The number of aromatic nitrogens is 2. The number of hydrogen-bond donors (Lipinski definition) is 1. The summed E-state index contributed by atoms with van der Waals surface area (Å²) in [6.45, 7) is 7.83. The highest BCUT2D eigenvalue weighted by atomic mass is 32.2. The summed E-state index contributed by atoms with van der Waals surface area (Å²) in [4.78, 5) is 12.0. The number of nitrogens with zero attached hydrogens (tertiary/aromatic N) is 2. The highest BCUT2D eigenvalue weighted by Gasteiger charge is 2.08. The zero-order valence-corrected chi connectivity index (χ0v) is 14.4. The predicted molar refractivity (Wildman–Crippen MR) is 93.7 cm³/mol. The van der Waals surface area contributed by atoms with Crippen LogP contribution in [0.3, 0.4) is 0 Å². The van der Waals surface area contributed by atoms with Gasteiger partial charge in [0.25, 0.3) is 0 Å². The summed E-state index contributed by atoms with van der Waals surface area (Å²) >= 11 is 2.95. The molecule has 0 atom stereocenters. The van der Waals surface area contributed by atoms with Crippen molar-refractivity contribution in [1.29, 1.82) is 0 Å². The average Bonchev–Trinajstić information content (AvgIpc) is 2.94. The monoisotopic (exact) mass is 333 g/mol. The van der Waals surface area contributed by atoms with Crippen LogP contribution in [0.15, 0.2) is 35.2 Å². The molecule has 22 heavy (non-hydrogen) atoms. The molecule has 0 bridgehead atoms. The molecule has 0 radical (unpaired) electrons. The minimum Gasteiger partial charge on any atom is -0.300 e. The van der Waals surface area contributed by atoms with E-state index in [2.05, 4.69) is 54.1 Å². The van der Waals surface area contributed by atoms with Gasteiger partial charge >= 0.3 is 0 Å². The first-order valence-corrected chi connectivity index (χ1v) is 8.82. The maximum absolute atomic E-state index is 12.0. The van der Waals surface area contributed by atoms with Crippen LogP contribution in [0, 0.1) is 13.8 Å². The second-order valence-corrected chi connectivity index (χ2v) is 7.18. The molecule has 0 aliphatic carbocycles. The summed E-state index contributed by atoms with van der Waals surface area (Å²) in [6.07, 6.45) is 2.98. The van der Waals surface area contributed by atoms with Gasteiger partial charge in [-0.25, -0.2) is 0 Å². The molecule has 1 amide bonds. The van der Waals surface area contributed by atoms with E-state index in [9.17, 15) is 4.79 Å². The molecule has 0 saturated carbocycles. The molecule has 0 fully saturated rings. The second kappa shape index (κ2) is 8.10. The van der Waals surface area contributed by atoms with Crippen molar-refractivity contribution in [1.82, 2.24) is 10.2 Å². The van der Waals surface area contributed by atoms with Crippen LogP contribution in [0.1, 0.15) is 23.1 Å². The van der Waals surface area contributed by atoms with Gasteiger partial charge in [-0.3, -0.25) is 4.79 Å². The summed E-state index contributed by atoms with van der Waals surface area (Å²) < 4.78 is 0.837. The number of amides is 1. The number of nitrogens with one attached hydrogen (secondary N) is 1. The standard InChI is InChI=1S/C16H19N3OS2/c1-4-9-21-16-19-18-15(22-16)17-14(20)8-7-13-6-5-11(2)12(3)10-13/h4-6,10H,1,7-9H2,2-3H3,(H,17,18,20).